The lowest BCUT2D eigenvalue weighted by atomic mass is 9.93. The summed E-state index contributed by atoms with van der Waals surface area (Å²) >= 11 is 3.65. The summed E-state index contributed by atoms with van der Waals surface area (Å²) in [6.45, 7) is 5.69. The van der Waals surface area contributed by atoms with Crippen molar-refractivity contribution in [2.24, 2.45) is 5.73 Å². The number of hydrogen-bond acceptors (Lipinski definition) is 3. The zero-order chi connectivity index (χ0) is 13.8. The number of aromatic nitrogens is 2. The van der Waals surface area contributed by atoms with Crippen molar-refractivity contribution in [3.8, 4) is 0 Å². The highest BCUT2D eigenvalue weighted by Gasteiger charge is 2.23. The van der Waals surface area contributed by atoms with Crippen LogP contribution in [0, 0.1) is 0 Å². The van der Waals surface area contributed by atoms with Gasteiger partial charge in [0.2, 0.25) is 0 Å². The first-order valence-corrected chi connectivity index (χ1v) is 8.07. The van der Waals surface area contributed by atoms with Crippen molar-refractivity contribution >= 4 is 15.9 Å². The Morgan fingerprint density at radius 1 is 1.37 bits per heavy atom. The lowest BCUT2D eigenvalue weighted by Gasteiger charge is -2.28. The van der Waals surface area contributed by atoms with Crippen LogP contribution in [0.1, 0.15) is 50.9 Å². The van der Waals surface area contributed by atoms with Crippen LogP contribution in [-0.2, 0) is 24.3 Å². The minimum atomic E-state index is 0.191. The molecule has 0 saturated heterocycles. The van der Waals surface area contributed by atoms with Crippen LogP contribution in [-0.4, -0.2) is 21.9 Å². The molecule has 1 aromatic rings. The molecule has 19 heavy (non-hydrogen) atoms. The topological polar surface area (TPSA) is 53.1 Å². The molecule has 2 rings (SSSR count). The fourth-order valence-electron chi connectivity index (χ4n) is 2.67. The first-order chi connectivity index (χ1) is 9.17. The summed E-state index contributed by atoms with van der Waals surface area (Å²) in [5, 5.41) is 4.59. The molecule has 2 N–H and O–H groups in total. The van der Waals surface area contributed by atoms with Gasteiger partial charge in [0.25, 0.3) is 0 Å². The number of rotatable bonds is 5. The molecule has 0 spiro atoms. The second kappa shape index (κ2) is 6.86. The zero-order valence-electron chi connectivity index (χ0n) is 11.9. The minimum absolute atomic E-state index is 0.191. The maximum Gasteiger partial charge on any atom is 0.0900 e. The molecule has 1 aliphatic rings. The third-order valence-corrected chi connectivity index (χ3v) is 4.80. The maximum atomic E-state index is 6.12. The molecule has 108 valence electrons. The first-order valence-electron chi connectivity index (χ1n) is 7.28. The molecule has 5 heteroatoms. The Labute approximate surface area is 123 Å². The molecule has 0 aliphatic heterocycles. The van der Waals surface area contributed by atoms with Crippen LogP contribution >= 0.6 is 15.9 Å². The summed E-state index contributed by atoms with van der Waals surface area (Å²) in [6.07, 6.45) is 5.76. The molecule has 1 fully saturated rings. The number of nitrogens with zero attached hydrogens (tertiary/aromatic N) is 2. The number of halogens is 1. The molecule has 4 nitrogen and oxygen atoms in total. The number of aryl methyl sites for hydroxylation is 2. The number of hydrogen-bond donors (Lipinski definition) is 1. The van der Waals surface area contributed by atoms with E-state index in [4.69, 9.17) is 10.5 Å². The van der Waals surface area contributed by atoms with Gasteiger partial charge >= 0.3 is 0 Å². The van der Waals surface area contributed by atoms with Crippen molar-refractivity contribution in [1.82, 2.24) is 9.78 Å². The lowest BCUT2D eigenvalue weighted by molar-refractivity contribution is 0.000793. The zero-order valence-corrected chi connectivity index (χ0v) is 13.4. The molecular weight excluding hydrogens is 306 g/mol. The molecule has 2 unspecified atom stereocenters. The molecule has 0 bridgehead atoms. The van der Waals surface area contributed by atoms with E-state index in [0.717, 1.165) is 41.7 Å². The van der Waals surface area contributed by atoms with Gasteiger partial charge in [-0.15, -0.1) is 0 Å². The van der Waals surface area contributed by atoms with E-state index in [1.807, 2.05) is 4.68 Å². The Bertz CT molecular complexity index is 419. The molecule has 1 heterocycles. The predicted octanol–water partition coefficient (Wildman–Crippen LogP) is 3.01. The normalized spacial score (nSPS) is 23.8. The van der Waals surface area contributed by atoms with Gasteiger partial charge in [-0.2, -0.15) is 5.10 Å². The highest BCUT2D eigenvalue weighted by molar-refractivity contribution is 9.10. The van der Waals surface area contributed by atoms with Gasteiger partial charge in [0.15, 0.2) is 0 Å². The third-order valence-electron chi connectivity index (χ3n) is 3.88. The summed E-state index contributed by atoms with van der Waals surface area (Å²) < 4.78 is 9.17. The van der Waals surface area contributed by atoms with Crippen LogP contribution < -0.4 is 5.73 Å². The fourth-order valence-corrected chi connectivity index (χ4v) is 3.35. The van der Waals surface area contributed by atoms with Gasteiger partial charge in [0.1, 0.15) is 0 Å². The Morgan fingerprint density at radius 3 is 2.74 bits per heavy atom. The molecule has 2 atom stereocenters. The third kappa shape index (κ3) is 3.38. The molecule has 1 aliphatic carbocycles. The van der Waals surface area contributed by atoms with E-state index < -0.39 is 0 Å². The smallest absolute Gasteiger partial charge is 0.0900 e. The van der Waals surface area contributed by atoms with Gasteiger partial charge in [-0.25, -0.2) is 0 Å². The largest absolute Gasteiger partial charge is 0.370 e. The fraction of sp³-hybridized carbons (Fsp3) is 0.786. The quantitative estimate of drug-likeness (QED) is 0.903. The highest BCUT2D eigenvalue weighted by Crippen LogP contribution is 2.26. The van der Waals surface area contributed by atoms with Gasteiger partial charge in [-0.3, -0.25) is 4.68 Å². The van der Waals surface area contributed by atoms with Crippen LogP contribution in [0.25, 0.3) is 0 Å². The van der Waals surface area contributed by atoms with Crippen LogP contribution in [0.5, 0.6) is 0 Å². The summed E-state index contributed by atoms with van der Waals surface area (Å²) in [5.41, 5.74) is 8.37. The van der Waals surface area contributed by atoms with Crippen LogP contribution in [0.2, 0.25) is 0 Å². The number of ether oxygens (including phenoxy) is 1. The Hall–Kier alpha value is -0.390. The van der Waals surface area contributed by atoms with E-state index in [-0.39, 0.29) is 12.1 Å². The number of nitrogens with two attached hydrogens (primary N) is 1. The molecule has 0 aromatic carbocycles. The SMILES string of the molecule is CCc1nn(CC)c(COC2CCCCC2N)c1Br. The summed E-state index contributed by atoms with van der Waals surface area (Å²) in [4.78, 5) is 0. The van der Waals surface area contributed by atoms with E-state index in [9.17, 15) is 0 Å². The minimum Gasteiger partial charge on any atom is -0.370 e. The van der Waals surface area contributed by atoms with Crippen molar-refractivity contribution in [3.63, 3.8) is 0 Å². The van der Waals surface area contributed by atoms with Gasteiger partial charge in [-0.1, -0.05) is 19.8 Å². The van der Waals surface area contributed by atoms with E-state index in [2.05, 4.69) is 34.9 Å². The van der Waals surface area contributed by atoms with Gasteiger partial charge in [0, 0.05) is 12.6 Å². The summed E-state index contributed by atoms with van der Waals surface area (Å²) in [5.74, 6) is 0. The molecule has 1 saturated carbocycles. The second-order valence-electron chi connectivity index (χ2n) is 5.17. The van der Waals surface area contributed by atoms with Crippen molar-refractivity contribution in [2.75, 3.05) is 0 Å². The Morgan fingerprint density at radius 2 is 2.11 bits per heavy atom. The van der Waals surface area contributed by atoms with Crippen molar-refractivity contribution in [1.29, 1.82) is 0 Å². The molecule has 1 aromatic heterocycles. The van der Waals surface area contributed by atoms with E-state index in [1.165, 1.54) is 12.8 Å². The van der Waals surface area contributed by atoms with Gasteiger partial charge in [-0.05, 0) is 42.1 Å². The van der Waals surface area contributed by atoms with E-state index >= 15 is 0 Å². The maximum absolute atomic E-state index is 6.12. The van der Waals surface area contributed by atoms with Crippen LogP contribution in [0.3, 0.4) is 0 Å². The second-order valence-corrected chi connectivity index (χ2v) is 5.97. The summed E-state index contributed by atoms with van der Waals surface area (Å²) in [7, 11) is 0. The van der Waals surface area contributed by atoms with E-state index in [0.29, 0.717) is 6.61 Å². The highest BCUT2D eigenvalue weighted by atomic mass is 79.9. The van der Waals surface area contributed by atoms with Crippen LogP contribution in [0.15, 0.2) is 4.47 Å². The van der Waals surface area contributed by atoms with Gasteiger partial charge < -0.3 is 10.5 Å². The van der Waals surface area contributed by atoms with E-state index in [1.54, 1.807) is 0 Å². The summed E-state index contributed by atoms with van der Waals surface area (Å²) in [6, 6.07) is 0.191. The lowest BCUT2D eigenvalue weighted by Crippen LogP contribution is -2.39. The monoisotopic (exact) mass is 329 g/mol. The standard InChI is InChI=1S/C14H24BrN3O/c1-3-11-14(15)12(18(4-2)17-11)9-19-13-8-6-5-7-10(13)16/h10,13H,3-9,16H2,1-2H3. The average Bonchev–Trinajstić information content (AvgIpc) is 2.74. The Kier molecular flexibility index (Phi) is 5.42. The molecule has 0 radical (unpaired) electrons. The van der Waals surface area contributed by atoms with Crippen molar-refractivity contribution in [3.05, 3.63) is 15.9 Å². The molecular formula is C14H24BrN3O. The van der Waals surface area contributed by atoms with Crippen LogP contribution in [0.4, 0.5) is 0 Å². The Balaban J connectivity index is 2.04. The molecule has 0 amide bonds. The average molecular weight is 330 g/mol. The van der Waals surface area contributed by atoms with Crippen molar-refractivity contribution in [2.45, 2.75) is 71.2 Å². The predicted molar refractivity (Wildman–Crippen MR) is 80.0 cm³/mol. The van der Waals surface area contributed by atoms with Crippen molar-refractivity contribution < 1.29 is 4.74 Å². The van der Waals surface area contributed by atoms with Gasteiger partial charge in [0.05, 0.1) is 28.6 Å². The first kappa shape index (κ1) is 15.0.